The van der Waals surface area contributed by atoms with E-state index in [4.69, 9.17) is 0 Å². The Hall–Kier alpha value is -2.14. The van der Waals surface area contributed by atoms with Crippen molar-refractivity contribution in [1.82, 2.24) is 15.1 Å². The minimum absolute atomic E-state index is 0.00403. The minimum Gasteiger partial charge on any atom is -0.351 e. The number of nitrogens with one attached hydrogen (secondary N) is 1. The lowest BCUT2D eigenvalue weighted by Gasteiger charge is -2.38. The van der Waals surface area contributed by atoms with Gasteiger partial charge in [-0.25, -0.2) is 0 Å². The topological polar surface area (TPSA) is 52.7 Å². The molecule has 5 nitrogen and oxygen atoms in total. The van der Waals surface area contributed by atoms with Gasteiger partial charge in [-0.1, -0.05) is 49.8 Å². The maximum atomic E-state index is 13.2. The summed E-state index contributed by atoms with van der Waals surface area (Å²) in [5, 5.41) is 3.27. The first-order valence-corrected chi connectivity index (χ1v) is 11.4. The van der Waals surface area contributed by atoms with Gasteiger partial charge in [-0.05, 0) is 43.7 Å². The number of rotatable bonds is 6. The molecule has 2 aliphatic rings. The number of nitrogens with zero attached hydrogens (tertiary/aromatic N) is 2. The number of allylic oxidation sites excluding steroid dienone is 1. The molecule has 0 saturated carbocycles. The molecule has 1 N–H and O–H groups in total. The molecule has 1 atom stereocenters. The van der Waals surface area contributed by atoms with Crippen molar-refractivity contribution in [2.75, 3.05) is 19.6 Å². The highest BCUT2D eigenvalue weighted by atomic mass is 16.2. The number of benzene rings is 1. The van der Waals surface area contributed by atoms with Crippen molar-refractivity contribution in [3.63, 3.8) is 0 Å². The number of fused-ring (bicyclic) bond motifs is 1. The van der Waals surface area contributed by atoms with Gasteiger partial charge in [0.25, 0.3) is 0 Å². The van der Waals surface area contributed by atoms with Crippen LogP contribution in [0.2, 0.25) is 0 Å². The zero-order chi connectivity index (χ0) is 21.7. The third kappa shape index (κ3) is 5.94. The standard InChI is InChI=1S/C25H37N3O2/c1-18(2)9-12-27-13-10-22(11-14-27)26-25(30)23-16-20-7-5-6-8-21(20)17-28(23)24(29)15-19(3)4/h5-9,19,22-23H,10-17H2,1-4H3,(H,26,30). The first kappa shape index (κ1) is 22.5. The van der Waals surface area contributed by atoms with Crippen molar-refractivity contribution in [3.05, 3.63) is 47.0 Å². The largest absolute Gasteiger partial charge is 0.351 e. The van der Waals surface area contributed by atoms with Gasteiger partial charge in [-0.15, -0.1) is 0 Å². The van der Waals surface area contributed by atoms with Gasteiger partial charge in [0.15, 0.2) is 0 Å². The summed E-state index contributed by atoms with van der Waals surface area (Å²) < 4.78 is 0. The molecular weight excluding hydrogens is 374 g/mol. The normalized spacial score (nSPS) is 20.0. The van der Waals surface area contributed by atoms with Gasteiger partial charge in [0.2, 0.25) is 11.8 Å². The number of piperidine rings is 1. The van der Waals surface area contributed by atoms with E-state index in [1.54, 1.807) is 0 Å². The summed E-state index contributed by atoms with van der Waals surface area (Å²) in [6, 6.07) is 7.96. The van der Waals surface area contributed by atoms with Crippen LogP contribution in [0.25, 0.3) is 0 Å². The zero-order valence-corrected chi connectivity index (χ0v) is 19.0. The fourth-order valence-corrected chi connectivity index (χ4v) is 4.35. The smallest absolute Gasteiger partial charge is 0.243 e. The molecule has 1 aromatic rings. The van der Waals surface area contributed by atoms with Crippen LogP contribution in [0.5, 0.6) is 0 Å². The van der Waals surface area contributed by atoms with Crippen molar-refractivity contribution >= 4 is 11.8 Å². The molecule has 1 unspecified atom stereocenters. The van der Waals surface area contributed by atoms with Gasteiger partial charge >= 0.3 is 0 Å². The second-order valence-electron chi connectivity index (χ2n) is 9.47. The Morgan fingerprint density at radius 3 is 2.43 bits per heavy atom. The fourth-order valence-electron chi connectivity index (χ4n) is 4.35. The molecule has 5 heteroatoms. The number of likely N-dealkylation sites (tertiary alicyclic amines) is 1. The first-order valence-electron chi connectivity index (χ1n) is 11.4. The summed E-state index contributed by atoms with van der Waals surface area (Å²) in [5.74, 6) is 0.365. The van der Waals surface area contributed by atoms with Crippen LogP contribution in [0.4, 0.5) is 0 Å². The van der Waals surface area contributed by atoms with E-state index in [0.717, 1.165) is 38.0 Å². The van der Waals surface area contributed by atoms with Crippen LogP contribution in [0.15, 0.2) is 35.9 Å². The summed E-state index contributed by atoms with van der Waals surface area (Å²) in [6.45, 7) is 11.9. The number of amides is 2. The molecule has 2 heterocycles. The highest BCUT2D eigenvalue weighted by molar-refractivity contribution is 5.88. The SMILES string of the molecule is CC(C)=CCN1CCC(NC(=O)C2Cc3ccccc3CN2C(=O)CC(C)C)CC1. The van der Waals surface area contributed by atoms with Gasteiger partial charge in [0, 0.05) is 45.1 Å². The van der Waals surface area contributed by atoms with Crippen LogP contribution in [-0.4, -0.2) is 53.3 Å². The summed E-state index contributed by atoms with van der Waals surface area (Å²) in [6.07, 6.45) is 5.27. The molecule has 0 aromatic heterocycles. The van der Waals surface area contributed by atoms with Crippen LogP contribution in [0.3, 0.4) is 0 Å². The van der Waals surface area contributed by atoms with Crippen molar-refractivity contribution in [2.45, 2.75) is 72.0 Å². The lowest BCUT2D eigenvalue weighted by atomic mass is 9.92. The predicted molar refractivity (Wildman–Crippen MR) is 121 cm³/mol. The lowest BCUT2D eigenvalue weighted by molar-refractivity contribution is -0.142. The van der Waals surface area contributed by atoms with Crippen molar-refractivity contribution in [3.8, 4) is 0 Å². The first-order chi connectivity index (χ1) is 14.3. The average molecular weight is 412 g/mol. The molecule has 1 fully saturated rings. The Morgan fingerprint density at radius 1 is 1.13 bits per heavy atom. The van der Waals surface area contributed by atoms with E-state index in [9.17, 15) is 9.59 Å². The van der Waals surface area contributed by atoms with Crippen molar-refractivity contribution < 1.29 is 9.59 Å². The molecule has 3 rings (SSSR count). The summed E-state index contributed by atoms with van der Waals surface area (Å²) >= 11 is 0. The molecule has 0 spiro atoms. The predicted octanol–water partition coefficient (Wildman–Crippen LogP) is 3.53. The second kappa shape index (κ2) is 10.3. The molecule has 2 amide bonds. The molecule has 2 aliphatic heterocycles. The Morgan fingerprint density at radius 2 is 1.80 bits per heavy atom. The van der Waals surface area contributed by atoms with Crippen molar-refractivity contribution in [1.29, 1.82) is 0 Å². The molecule has 1 aromatic carbocycles. The van der Waals surface area contributed by atoms with E-state index in [1.807, 2.05) is 30.9 Å². The Bertz CT molecular complexity index is 774. The van der Waals surface area contributed by atoms with Gasteiger partial charge < -0.3 is 10.2 Å². The summed E-state index contributed by atoms with van der Waals surface area (Å²) in [4.78, 5) is 30.4. The molecular formula is C25H37N3O2. The van der Waals surface area contributed by atoms with Crippen LogP contribution in [0, 0.1) is 5.92 Å². The van der Waals surface area contributed by atoms with Crippen LogP contribution < -0.4 is 5.32 Å². The number of carbonyl (C=O) groups is 2. The lowest BCUT2D eigenvalue weighted by Crippen LogP contribution is -2.55. The third-order valence-corrected chi connectivity index (χ3v) is 6.15. The van der Waals surface area contributed by atoms with Crippen molar-refractivity contribution in [2.24, 2.45) is 5.92 Å². The number of hydrogen-bond donors (Lipinski definition) is 1. The van der Waals surface area contributed by atoms with E-state index in [2.05, 4.69) is 42.3 Å². The molecule has 0 bridgehead atoms. The van der Waals surface area contributed by atoms with E-state index in [0.29, 0.717) is 19.4 Å². The molecule has 0 aliphatic carbocycles. The number of carbonyl (C=O) groups excluding carboxylic acids is 2. The van der Waals surface area contributed by atoms with E-state index >= 15 is 0 Å². The highest BCUT2D eigenvalue weighted by Crippen LogP contribution is 2.25. The van der Waals surface area contributed by atoms with Crippen LogP contribution in [-0.2, 0) is 22.6 Å². The summed E-state index contributed by atoms with van der Waals surface area (Å²) in [5.41, 5.74) is 3.68. The van der Waals surface area contributed by atoms with E-state index in [-0.39, 0.29) is 23.8 Å². The quantitative estimate of drug-likeness (QED) is 0.729. The molecule has 0 radical (unpaired) electrons. The van der Waals surface area contributed by atoms with Gasteiger partial charge in [0.05, 0.1) is 0 Å². The highest BCUT2D eigenvalue weighted by Gasteiger charge is 2.35. The zero-order valence-electron chi connectivity index (χ0n) is 19.0. The van der Waals surface area contributed by atoms with Gasteiger partial charge in [-0.3, -0.25) is 14.5 Å². The maximum absolute atomic E-state index is 13.2. The average Bonchev–Trinajstić information content (AvgIpc) is 2.71. The molecule has 164 valence electrons. The molecule has 1 saturated heterocycles. The second-order valence-corrected chi connectivity index (χ2v) is 9.47. The minimum atomic E-state index is -0.408. The van der Waals surface area contributed by atoms with E-state index in [1.165, 1.54) is 11.1 Å². The summed E-state index contributed by atoms with van der Waals surface area (Å²) in [7, 11) is 0. The monoisotopic (exact) mass is 411 g/mol. The van der Waals surface area contributed by atoms with Gasteiger partial charge in [-0.2, -0.15) is 0 Å². The third-order valence-electron chi connectivity index (χ3n) is 6.15. The van der Waals surface area contributed by atoms with E-state index < -0.39 is 6.04 Å². The maximum Gasteiger partial charge on any atom is 0.243 e. The fraction of sp³-hybridized carbons (Fsp3) is 0.600. The number of hydrogen-bond acceptors (Lipinski definition) is 3. The van der Waals surface area contributed by atoms with Crippen LogP contribution in [0.1, 0.15) is 58.1 Å². The van der Waals surface area contributed by atoms with Crippen LogP contribution >= 0.6 is 0 Å². The Kier molecular flexibility index (Phi) is 7.70. The Labute approximate surface area is 181 Å². The van der Waals surface area contributed by atoms with Gasteiger partial charge in [0.1, 0.15) is 6.04 Å². The Balaban J connectivity index is 1.64. The molecule has 30 heavy (non-hydrogen) atoms.